The molecule has 0 heterocycles. The van der Waals surface area contributed by atoms with Crippen LogP contribution in [-0.2, 0) is 14.8 Å². The van der Waals surface area contributed by atoms with Crippen LogP contribution in [0.2, 0.25) is 0 Å². The van der Waals surface area contributed by atoms with Crippen LogP contribution in [0.1, 0.15) is 25.0 Å². The monoisotopic (exact) mass is 390 g/mol. The van der Waals surface area contributed by atoms with Gasteiger partial charge < -0.3 is 9.64 Å². The number of carbonyl (C=O) groups excluding carboxylic acids is 1. The first kappa shape index (κ1) is 20.9. The molecule has 2 rings (SSSR count). The second kappa shape index (κ2) is 9.01. The number of ether oxygens (including phenoxy) is 1. The van der Waals surface area contributed by atoms with Crippen LogP contribution >= 0.6 is 0 Å². The van der Waals surface area contributed by atoms with Crippen LogP contribution in [0.5, 0.6) is 5.75 Å². The van der Waals surface area contributed by atoms with Crippen molar-refractivity contribution in [3.05, 3.63) is 53.6 Å². The van der Waals surface area contributed by atoms with Crippen LogP contribution in [0, 0.1) is 13.8 Å². The number of aryl methyl sites for hydroxylation is 2. The van der Waals surface area contributed by atoms with E-state index in [2.05, 4.69) is 4.72 Å². The lowest BCUT2D eigenvalue weighted by Crippen LogP contribution is -2.37. The van der Waals surface area contributed by atoms with Gasteiger partial charge in [-0.3, -0.25) is 4.79 Å². The molecule has 0 atom stereocenters. The smallest absolute Gasteiger partial charge is 0.240 e. The molecule has 2 aromatic carbocycles. The molecule has 0 fully saturated rings. The summed E-state index contributed by atoms with van der Waals surface area (Å²) in [7, 11) is -3.64. The lowest BCUT2D eigenvalue weighted by molar-refractivity contribution is -0.116. The number of sulfonamides is 1. The van der Waals surface area contributed by atoms with Crippen molar-refractivity contribution >= 4 is 21.6 Å². The quantitative estimate of drug-likeness (QED) is 0.752. The largest absolute Gasteiger partial charge is 0.492 e. The summed E-state index contributed by atoms with van der Waals surface area (Å²) >= 11 is 0. The minimum Gasteiger partial charge on any atom is -0.492 e. The maximum absolute atomic E-state index is 12.5. The molecular weight excluding hydrogens is 364 g/mol. The highest BCUT2D eigenvalue weighted by Gasteiger charge is 2.18. The normalized spacial score (nSPS) is 11.3. The fourth-order valence-corrected chi connectivity index (χ4v) is 3.77. The van der Waals surface area contributed by atoms with Gasteiger partial charge in [0.1, 0.15) is 5.75 Å². The van der Waals surface area contributed by atoms with E-state index in [1.807, 2.05) is 32.9 Å². The van der Waals surface area contributed by atoms with Gasteiger partial charge in [-0.25, -0.2) is 13.1 Å². The SMILES string of the molecule is CCOc1ccccc1N(CCNS(=O)(=O)c1ccc(C)c(C)c1)C(C)=O. The Morgan fingerprint density at radius 2 is 1.81 bits per heavy atom. The van der Waals surface area contributed by atoms with Gasteiger partial charge >= 0.3 is 0 Å². The molecular formula is C20H26N2O4S. The van der Waals surface area contributed by atoms with Crippen molar-refractivity contribution in [3.63, 3.8) is 0 Å². The van der Waals surface area contributed by atoms with Crippen LogP contribution in [0.25, 0.3) is 0 Å². The van der Waals surface area contributed by atoms with E-state index in [1.165, 1.54) is 11.8 Å². The second-order valence-corrected chi connectivity index (χ2v) is 7.98. The van der Waals surface area contributed by atoms with Crippen molar-refractivity contribution in [2.45, 2.75) is 32.6 Å². The van der Waals surface area contributed by atoms with Crippen LogP contribution in [-0.4, -0.2) is 34.0 Å². The second-order valence-electron chi connectivity index (χ2n) is 6.22. The van der Waals surface area contributed by atoms with E-state index in [0.717, 1.165) is 11.1 Å². The lowest BCUT2D eigenvalue weighted by atomic mass is 10.1. The summed E-state index contributed by atoms with van der Waals surface area (Å²) in [5.74, 6) is 0.403. The molecule has 0 aliphatic rings. The third-order valence-corrected chi connectivity index (χ3v) is 5.71. The highest BCUT2D eigenvalue weighted by Crippen LogP contribution is 2.28. The predicted molar refractivity (Wildman–Crippen MR) is 107 cm³/mol. The molecule has 27 heavy (non-hydrogen) atoms. The Morgan fingerprint density at radius 3 is 2.44 bits per heavy atom. The molecule has 0 unspecified atom stereocenters. The van der Waals surface area contributed by atoms with Crippen molar-refractivity contribution in [2.24, 2.45) is 0 Å². The highest BCUT2D eigenvalue weighted by molar-refractivity contribution is 7.89. The molecule has 0 aliphatic heterocycles. The molecule has 0 aromatic heterocycles. The van der Waals surface area contributed by atoms with Crippen LogP contribution in [0.4, 0.5) is 5.69 Å². The summed E-state index contributed by atoms with van der Waals surface area (Å²) in [6.45, 7) is 7.88. The average molecular weight is 391 g/mol. The van der Waals surface area contributed by atoms with Gasteiger partial charge in [0.2, 0.25) is 15.9 Å². The summed E-state index contributed by atoms with van der Waals surface area (Å²) in [6.07, 6.45) is 0. The third-order valence-electron chi connectivity index (χ3n) is 4.25. The number of rotatable bonds is 8. The molecule has 0 saturated carbocycles. The summed E-state index contributed by atoms with van der Waals surface area (Å²) < 4.78 is 33.2. The number of anilines is 1. The number of hydrogen-bond acceptors (Lipinski definition) is 4. The molecule has 146 valence electrons. The Balaban J connectivity index is 2.13. The van der Waals surface area contributed by atoms with Gasteiger partial charge in [0.25, 0.3) is 0 Å². The topological polar surface area (TPSA) is 75.7 Å². The zero-order valence-electron chi connectivity index (χ0n) is 16.2. The summed E-state index contributed by atoms with van der Waals surface area (Å²) in [4.78, 5) is 13.8. The van der Waals surface area contributed by atoms with Gasteiger partial charge in [0.15, 0.2) is 0 Å². The fourth-order valence-electron chi connectivity index (χ4n) is 2.66. The molecule has 0 aliphatic carbocycles. The van der Waals surface area contributed by atoms with Crippen LogP contribution in [0.3, 0.4) is 0 Å². The molecule has 0 radical (unpaired) electrons. The average Bonchev–Trinajstić information content (AvgIpc) is 2.62. The van der Waals surface area contributed by atoms with Gasteiger partial charge in [-0.05, 0) is 56.2 Å². The predicted octanol–water partition coefficient (Wildman–Crippen LogP) is 3.03. The number of nitrogens with one attached hydrogen (secondary N) is 1. The Bertz CT molecular complexity index is 910. The minimum atomic E-state index is -3.64. The maximum Gasteiger partial charge on any atom is 0.240 e. The zero-order valence-corrected chi connectivity index (χ0v) is 17.0. The fraction of sp³-hybridized carbons (Fsp3) is 0.350. The van der Waals surface area contributed by atoms with Crippen LogP contribution in [0.15, 0.2) is 47.4 Å². The van der Waals surface area contributed by atoms with E-state index >= 15 is 0 Å². The lowest BCUT2D eigenvalue weighted by Gasteiger charge is -2.23. The summed E-state index contributed by atoms with van der Waals surface area (Å²) in [5, 5.41) is 0. The number of para-hydroxylation sites is 2. The van der Waals surface area contributed by atoms with E-state index in [-0.39, 0.29) is 23.9 Å². The number of benzene rings is 2. The molecule has 1 N–H and O–H groups in total. The summed E-state index contributed by atoms with van der Waals surface area (Å²) in [5.41, 5.74) is 2.57. The van der Waals surface area contributed by atoms with E-state index in [9.17, 15) is 13.2 Å². The first-order valence-corrected chi connectivity index (χ1v) is 10.3. The van der Waals surface area contributed by atoms with Crippen molar-refractivity contribution in [1.82, 2.24) is 4.72 Å². The highest BCUT2D eigenvalue weighted by atomic mass is 32.2. The minimum absolute atomic E-state index is 0.0926. The maximum atomic E-state index is 12.5. The van der Waals surface area contributed by atoms with Gasteiger partial charge in [-0.2, -0.15) is 0 Å². The van der Waals surface area contributed by atoms with Crippen molar-refractivity contribution in [2.75, 3.05) is 24.6 Å². The molecule has 1 amide bonds. The standard InChI is InChI=1S/C20H26N2O4S/c1-5-26-20-9-7-6-8-19(20)22(17(4)23)13-12-21-27(24,25)18-11-10-15(2)16(3)14-18/h6-11,14,21H,5,12-13H2,1-4H3. The molecule has 0 spiro atoms. The molecule has 0 saturated heterocycles. The Hall–Kier alpha value is -2.38. The zero-order chi connectivity index (χ0) is 20.0. The van der Waals surface area contributed by atoms with E-state index < -0.39 is 10.0 Å². The van der Waals surface area contributed by atoms with Crippen molar-refractivity contribution in [1.29, 1.82) is 0 Å². The van der Waals surface area contributed by atoms with Crippen LogP contribution < -0.4 is 14.4 Å². The Kier molecular flexibility index (Phi) is 6.98. The van der Waals surface area contributed by atoms with Gasteiger partial charge in [0, 0.05) is 20.0 Å². The number of carbonyl (C=O) groups is 1. The number of amides is 1. The number of nitrogens with zero attached hydrogens (tertiary/aromatic N) is 1. The van der Waals surface area contributed by atoms with Crippen molar-refractivity contribution in [3.8, 4) is 5.75 Å². The Morgan fingerprint density at radius 1 is 1.11 bits per heavy atom. The van der Waals surface area contributed by atoms with E-state index in [4.69, 9.17) is 4.74 Å². The first-order valence-electron chi connectivity index (χ1n) is 8.83. The third kappa shape index (κ3) is 5.30. The van der Waals surface area contributed by atoms with Gasteiger partial charge in [-0.15, -0.1) is 0 Å². The van der Waals surface area contributed by atoms with E-state index in [0.29, 0.717) is 18.0 Å². The molecule has 0 bridgehead atoms. The van der Waals surface area contributed by atoms with E-state index in [1.54, 1.807) is 30.3 Å². The summed E-state index contributed by atoms with van der Waals surface area (Å²) in [6, 6.07) is 12.2. The Labute approximate surface area is 161 Å². The van der Waals surface area contributed by atoms with Gasteiger partial charge in [-0.1, -0.05) is 18.2 Å². The molecule has 6 nitrogen and oxygen atoms in total. The molecule has 2 aromatic rings. The van der Waals surface area contributed by atoms with Gasteiger partial charge in [0.05, 0.1) is 17.2 Å². The molecule has 7 heteroatoms. The number of hydrogen-bond donors (Lipinski definition) is 1. The first-order chi connectivity index (χ1) is 12.8. The van der Waals surface area contributed by atoms with Crippen molar-refractivity contribution < 1.29 is 17.9 Å².